The highest BCUT2D eigenvalue weighted by Gasteiger charge is 2.32. The molecule has 1 atom stereocenters. The second kappa shape index (κ2) is 11.2. The number of aromatic nitrogens is 2. The third-order valence-corrected chi connectivity index (χ3v) is 4.14. The predicted molar refractivity (Wildman–Crippen MR) is 105 cm³/mol. The molecule has 1 aromatic carbocycles. The van der Waals surface area contributed by atoms with Crippen molar-refractivity contribution in [2.45, 2.75) is 32.1 Å². The fourth-order valence-corrected chi connectivity index (χ4v) is 2.43. The minimum absolute atomic E-state index is 0.113. The van der Waals surface area contributed by atoms with Crippen molar-refractivity contribution >= 4 is 18.9 Å². The zero-order chi connectivity index (χ0) is 20.4. The molecule has 0 spiro atoms. The number of nitrogens with zero attached hydrogens (tertiary/aromatic N) is 2. The molecule has 148 valence electrons. The van der Waals surface area contributed by atoms with Gasteiger partial charge < -0.3 is 20.7 Å². The van der Waals surface area contributed by atoms with Crippen molar-refractivity contribution in [1.29, 1.82) is 0 Å². The molecule has 0 radical (unpaired) electrons. The molecule has 0 bridgehead atoms. The molecular formula is C19H25BN4O4. The van der Waals surface area contributed by atoms with Crippen LogP contribution in [0.15, 0.2) is 48.9 Å². The van der Waals surface area contributed by atoms with Gasteiger partial charge in [-0.25, -0.2) is 4.98 Å². The number of amides is 2. The number of carbonyl (C=O) groups excluding carboxylic acids is 2. The second-order valence-electron chi connectivity index (χ2n) is 6.69. The third kappa shape index (κ3) is 8.28. The summed E-state index contributed by atoms with van der Waals surface area (Å²) in [6.45, 7) is 1.82. The van der Waals surface area contributed by atoms with Crippen LogP contribution in [0.2, 0.25) is 0 Å². The van der Waals surface area contributed by atoms with Crippen LogP contribution in [0.4, 0.5) is 0 Å². The molecule has 0 aliphatic heterocycles. The number of rotatable bonds is 7. The van der Waals surface area contributed by atoms with E-state index >= 15 is 0 Å². The van der Waals surface area contributed by atoms with E-state index in [9.17, 15) is 19.6 Å². The van der Waals surface area contributed by atoms with Gasteiger partial charge in [0.2, 0.25) is 5.91 Å². The predicted octanol–water partition coefficient (Wildman–Crippen LogP) is 0.498. The van der Waals surface area contributed by atoms with Crippen molar-refractivity contribution in [3.05, 3.63) is 60.2 Å². The summed E-state index contributed by atoms with van der Waals surface area (Å²) in [6, 6.07) is 10.3. The lowest BCUT2D eigenvalue weighted by molar-refractivity contribution is -0.120. The maximum absolute atomic E-state index is 11.7. The van der Waals surface area contributed by atoms with Crippen LogP contribution in [0.5, 0.6) is 0 Å². The summed E-state index contributed by atoms with van der Waals surface area (Å²) in [4.78, 5) is 30.9. The smallest absolute Gasteiger partial charge is 0.426 e. The van der Waals surface area contributed by atoms with E-state index in [-0.39, 0.29) is 12.2 Å². The first-order valence-corrected chi connectivity index (χ1v) is 9.17. The average Bonchev–Trinajstić information content (AvgIpc) is 3.51. The van der Waals surface area contributed by atoms with Crippen molar-refractivity contribution in [3.63, 3.8) is 0 Å². The fraction of sp³-hybridized carbons (Fsp3) is 0.368. The first kappa shape index (κ1) is 21.5. The third-order valence-electron chi connectivity index (χ3n) is 4.14. The molecule has 1 fully saturated rings. The molecule has 8 nitrogen and oxygen atoms in total. The lowest BCUT2D eigenvalue weighted by Gasteiger charge is -2.17. The maximum atomic E-state index is 11.7. The summed E-state index contributed by atoms with van der Waals surface area (Å²) < 4.78 is 0. The van der Waals surface area contributed by atoms with Gasteiger partial charge in [-0.15, -0.1) is 0 Å². The SMILES string of the molecule is Cc1ccccc1.O=C(CNC(=O)c1cnccn1)NC(CC1CC1)B(O)O. The van der Waals surface area contributed by atoms with Gasteiger partial charge in [-0.3, -0.25) is 14.6 Å². The molecule has 2 aromatic rings. The lowest BCUT2D eigenvalue weighted by atomic mass is 9.76. The molecule has 1 saturated carbocycles. The monoisotopic (exact) mass is 384 g/mol. The van der Waals surface area contributed by atoms with Crippen LogP contribution in [-0.2, 0) is 4.79 Å². The molecule has 1 aliphatic carbocycles. The van der Waals surface area contributed by atoms with Gasteiger partial charge in [-0.1, -0.05) is 48.7 Å². The quantitative estimate of drug-likeness (QED) is 0.516. The van der Waals surface area contributed by atoms with Gasteiger partial charge in [0.1, 0.15) is 5.69 Å². The van der Waals surface area contributed by atoms with Gasteiger partial charge >= 0.3 is 7.12 Å². The lowest BCUT2D eigenvalue weighted by Crippen LogP contribution is -2.49. The molecule has 9 heteroatoms. The Bertz CT molecular complexity index is 742. The van der Waals surface area contributed by atoms with Crippen LogP contribution in [0.25, 0.3) is 0 Å². The highest BCUT2D eigenvalue weighted by atomic mass is 16.4. The largest absolute Gasteiger partial charge is 0.475 e. The molecule has 0 saturated heterocycles. The van der Waals surface area contributed by atoms with Gasteiger partial charge in [-0.05, 0) is 19.3 Å². The van der Waals surface area contributed by atoms with E-state index in [0.717, 1.165) is 12.8 Å². The van der Waals surface area contributed by atoms with Gasteiger partial charge in [0.25, 0.3) is 5.91 Å². The Balaban J connectivity index is 0.000000336. The number of nitrogens with one attached hydrogen (secondary N) is 2. The summed E-state index contributed by atoms with van der Waals surface area (Å²) >= 11 is 0. The van der Waals surface area contributed by atoms with Gasteiger partial charge in [0.15, 0.2) is 0 Å². The van der Waals surface area contributed by atoms with Crippen LogP contribution in [0, 0.1) is 12.8 Å². The van der Waals surface area contributed by atoms with E-state index < -0.39 is 24.9 Å². The van der Waals surface area contributed by atoms with Crippen molar-refractivity contribution < 1.29 is 19.6 Å². The summed E-state index contributed by atoms with van der Waals surface area (Å²) in [7, 11) is -1.61. The van der Waals surface area contributed by atoms with Gasteiger partial charge in [-0.2, -0.15) is 0 Å². The molecule has 28 heavy (non-hydrogen) atoms. The first-order valence-electron chi connectivity index (χ1n) is 9.17. The highest BCUT2D eigenvalue weighted by molar-refractivity contribution is 6.43. The van der Waals surface area contributed by atoms with Crippen molar-refractivity contribution in [1.82, 2.24) is 20.6 Å². The van der Waals surface area contributed by atoms with Gasteiger partial charge in [0.05, 0.1) is 18.7 Å². The Kier molecular flexibility index (Phi) is 8.58. The molecular weight excluding hydrogens is 359 g/mol. The zero-order valence-electron chi connectivity index (χ0n) is 15.8. The molecule has 1 heterocycles. The number of hydrogen-bond acceptors (Lipinski definition) is 6. The molecule has 2 amide bonds. The highest BCUT2D eigenvalue weighted by Crippen LogP contribution is 2.33. The summed E-state index contributed by atoms with van der Waals surface area (Å²) in [6.07, 6.45) is 6.73. The Labute approximate surface area is 164 Å². The molecule has 4 N–H and O–H groups in total. The van der Waals surface area contributed by atoms with E-state index in [4.69, 9.17) is 0 Å². The number of hydrogen-bond donors (Lipinski definition) is 4. The molecule has 1 unspecified atom stereocenters. The number of aryl methyl sites for hydroxylation is 1. The van der Waals surface area contributed by atoms with Crippen LogP contribution < -0.4 is 10.6 Å². The topological polar surface area (TPSA) is 124 Å². The Morgan fingerprint density at radius 1 is 1.21 bits per heavy atom. The zero-order valence-corrected chi connectivity index (χ0v) is 15.8. The second-order valence-corrected chi connectivity index (χ2v) is 6.69. The van der Waals surface area contributed by atoms with Crippen LogP contribution in [-0.4, -0.2) is 51.4 Å². The summed E-state index contributed by atoms with van der Waals surface area (Å²) in [5.74, 6) is -1.27. The minimum atomic E-state index is -1.61. The maximum Gasteiger partial charge on any atom is 0.475 e. The Morgan fingerprint density at radius 2 is 1.93 bits per heavy atom. The molecule has 1 aliphatic rings. The Morgan fingerprint density at radius 3 is 2.43 bits per heavy atom. The average molecular weight is 384 g/mol. The standard InChI is InChI=1S/C12H17BN4O4.C7H8/c18-11(17-10(13(20)21)5-8-1-2-8)7-16-12(19)9-6-14-3-4-15-9;1-7-5-3-2-4-6-7/h3-4,6,8,10,20-21H,1-2,5,7H2,(H,16,19)(H,17,18);2-6H,1H3. The fourth-order valence-electron chi connectivity index (χ4n) is 2.43. The minimum Gasteiger partial charge on any atom is -0.426 e. The summed E-state index contributed by atoms with van der Waals surface area (Å²) in [5, 5.41) is 23.4. The van der Waals surface area contributed by atoms with Crippen molar-refractivity contribution in [2.24, 2.45) is 5.92 Å². The van der Waals surface area contributed by atoms with Crippen LogP contribution >= 0.6 is 0 Å². The Hall–Kier alpha value is -2.78. The van der Waals surface area contributed by atoms with E-state index in [1.54, 1.807) is 0 Å². The first-order chi connectivity index (χ1) is 13.5. The number of benzene rings is 1. The summed E-state index contributed by atoms with van der Waals surface area (Å²) in [5.41, 5.74) is 1.43. The molecule has 1 aromatic heterocycles. The number of carbonyl (C=O) groups is 2. The van der Waals surface area contributed by atoms with Crippen LogP contribution in [0.3, 0.4) is 0 Å². The van der Waals surface area contributed by atoms with Crippen molar-refractivity contribution in [2.75, 3.05) is 6.54 Å². The van der Waals surface area contributed by atoms with E-state index in [2.05, 4.69) is 39.7 Å². The van der Waals surface area contributed by atoms with Crippen molar-refractivity contribution in [3.8, 4) is 0 Å². The van der Waals surface area contributed by atoms with E-state index in [1.165, 1.54) is 24.2 Å². The normalized spacial score (nSPS) is 13.5. The van der Waals surface area contributed by atoms with E-state index in [1.807, 2.05) is 18.2 Å². The van der Waals surface area contributed by atoms with E-state index in [0.29, 0.717) is 12.3 Å². The van der Waals surface area contributed by atoms with Crippen LogP contribution in [0.1, 0.15) is 35.3 Å². The van der Waals surface area contributed by atoms with Gasteiger partial charge in [0, 0.05) is 12.4 Å². The molecule has 3 rings (SSSR count).